The molecule has 1 saturated heterocycles. The van der Waals surface area contributed by atoms with Crippen molar-refractivity contribution in [2.75, 3.05) is 19.6 Å². The van der Waals surface area contributed by atoms with Gasteiger partial charge in [0.1, 0.15) is 0 Å². The molecule has 6 heteroatoms. The van der Waals surface area contributed by atoms with Crippen molar-refractivity contribution in [2.24, 2.45) is 0 Å². The van der Waals surface area contributed by atoms with Crippen molar-refractivity contribution >= 4 is 29.7 Å². The van der Waals surface area contributed by atoms with E-state index in [4.69, 9.17) is 0 Å². The number of hydrogen-bond acceptors (Lipinski definition) is 4. The molecule has 0 bridgehead atoms. The first kappa shape index (κ1) is 16.9. The van der Waals surface area contributed by atoms with E-state index in [2.05, 4.69) is 23.3 Å². The molecule has 1 N–H and O–H groups in total. The van der Waals surface area contributed by atoms with Crippen molar-refractivity contribution in [1.29, 1.82) is 0 Å². The molecule has 1 amide bonds. The Morgan fingerprint density at radius 1 is 1.50 bits per heavy atom. The van der Waals surface area contributed by atoms with Crippen LogP contribution in [0.5, 0.6) is 0 Å². The van der Waals surface area contributed by atoms with Crippen LogP contribution >= 0.6 is 23.7 Å². The standard InChI is InChI=1S/C16H19N3OS.ClH/c1-2-12-5-9-21-15(12)16(20)19-8-7-18-11-14(19)13-4-3-6-17-10-13;/h3-6,9-10,14,18H,2,7-8,11H2,1H3;1H. The molecule has 3 rings (SSSR count). The number of aromatic nitrogens is 1. The van der Waals surface area contributed by atoms with E-state index in [1.54, 1.807) is 17.5 Å². The predicted octanol–water partition coefficient (Wildman–Crippen LogP) is 2.91. The van der Waals surface area contributed by atoms with Gasteiger partial charge in [-0.15, -0.1) is 23.7 Å². The van der Waals surface area contributed by atoms with Gasteiger partial charge in [0.05, 0.1) is 10.9 Å². The predicted molar refractivity (Wildman–Crippen MR) is 91.8 cm³/mol. The summed E-state index contributed by atoms with van der Waals surface area (Å²) in [5, 5.41) is 5.38. The van der Waals surface area contributed by atoms with E-state index in [0.29, 0.717) is 0 Å². The number of thiophene rings is 1. The maximum atomic E-state index is 12.9. The minimum absolute atomic E-state index is 0. The number of hydrogen-bond donors (Lipinski definition) is 1. The van der Waals surface area contributed by atoms with E-state index in [0.717, 1.165) is 42.1 Å². The van der Waals surface area contributed by atoms with Crippen LogP contribution in [0, 0.1) is 0 Å². The van der Waals surface area contributed by atoms with Crippen LogP contribution in [0.2, 0.25) is 0 Å². The van der Waals surface area contributed by atoms with Gasteiger partial charge in [-0.05, 0) is 35.1 Å². The zero-order chi connectivity index (χ0) is 14.7. The summed E-state index contributed by atoms with van der Waals surface area (Å²) in [6.45, 7) is 4.45. The second-order valence-electron chi connectivity index (χ2n) is 5.13. The minimum atomic E-state index is 0. The number of carbonyl (C=O) groups is 1. The third-order valence-electron chi connectivity index (χ3n) is 3.90. The Balaban J connectivity index is 0.00000176. The first-order valence-corrected chi connectivity index (χ1v) is 8.17. The Labute approximate surface area is 141 Å². The highest BCUT2D eigenvalue weighted by Gasteiger charge is 2.30. The molecular formula is C16H20ClN3OS. The topological polar surface area (TPSA) is 45.2 Å². The van der Waals surface area contributed by atoms with Crippen LogP contribution in [0.25, 0.3) is 0 Å². The normalized spacial score (nSPS) is 17.9. The lowest BCUT2D eigenvalue weighted by molar-refractivity contribution is 0.0638. The molecule has 118 valence electrons. The lowest BCUT2D eigenvalue weighted by atomic mass is 10.0. The second-order valence-corrected chi connectivity index (χ2v) is 6.05. The van der Waals surface area contributed by atoms with Gasteiger partial charge in [0, 0.05) is 32.0 Å². The van der Waals surface area contributed by atoms with Crippen molar-refractivity contribution in [1.82, 2.24) is 15.2 Å². The molecule has 1 aliphatic heterocycles. The highest BCUT2D eigenvalue weighted by Crippen LogP contribution is 2.27. The molecule has 1 fully saturated rings. The second kappa shape index (κ2) is 7.72. The molecule has 4 nitrogen and oxygen atoms in total. The van der Waals surface area contributed by atoms with E-state index in [1.807, 2.05) is 28.6 Å². The first-order chi connectivity index (χ1) is 10.3. The van der Waals surface area contributed by atoms with Crippen LogP contribution in [0.1, 0.15) is 33.8 Å². The number of nitrogens with zero attached hydrogens (tertiary/aromatic N) is 2. The molecule has 0 spiro atoms. The molecule has 0 aliphatic carbocycles. The van der Waals surface area contributed by atoms with Gasteiger partial charge in [-0.2, -0.15) is 0 Å². The van der Waals surface area contributed by atoms with E-state index < -0.39 is 0 Å². The Morgan fingerprint density at radius 2 is 2.36 bits per heavy atom. The number of pyridine rings is 1. The molecule has 3 heterocycles. The van der Waals surface area contributed by atoms with Crippen LogP contribution in [-0.2, 0) is 6.42 Å². The number of aryl methyl sites for hydroxylation is 1. The van der Waals surface area contributed by atoms with Gasteiger partial charge in [-0.1, -0.05) is 13.0 Å². The average molecular weight is 338 g/mol. The zero-order valence-corrected chi connectivity index (χ0v) is 14.1. The van der Waals surface area contributed by atoms with Crippen molar-refractivity contribution in [2.45, 2.75) is 19.4 Å². The maximum absolute atomic E-state index is 12.9. The third kappa shape index (κ3) is 3.32. The largest absolute Gasteiger partial charge is 0.328 e. The quantitative estimate of drug-likeness (QED) is 0.936. The van der Waals surface area contributed by atoms with E-state index >= 15 is 0 Å². The molecule has 0 aromatic carbocycles. The smallest absolute Gasteiger partial charge is 0.264 e. The summed E-state index contributed by atoms with van der Waals surface area (Å²) in [7, 11) is 0. The van der Waals surface area contributed by atoms with Crippen molar-refractivity contribution in [3.63, 3.8) is 0 Å². The summed E-state index contributed by atoms with van der Waals surface area (Å²) in [4.78, 5) is 20.0. The molecule has 22 heavy (non-hydrogen) atoms. The van der Waals surface area contributed by atoms with Gasteiger partial charge in [-0.3, -0.25) is 9.78 Å². The fourth-order valence-electron chi connectivity index (χ4n) is 2.75. The van der Waals surface area contributed by atoms with Gasteiger partial charge in [-0.25, -0.2) is 0 Å². The number of halogens is 1. The van der Waals surface area contributed by atoms with Crippen molar-refractivity contribution in [3.05, 3.63) is 52.0 Å². The van der Waals surface area contributed by atoms with Gasteiger partial charge < -0.3 is 10.2 Å². The fourth-order valence-corrected chi connectivity index (χ4v) is 3.70. The third-order valence-corrected chi connectivity index (χ3v) is 4.84. The van der Waals surface area contributed by atoms with Crippen LogP contribution in [-0.4, -0.2) is 35.4 Å². The Morgan fingerprint density at radius 3 is 3.09 bits per heavy atom. The monoisotopic (exact) mass is 337 g/mol. The maximum Gasteiger partial charge on any atom is 0.264 e. The zero-order valence-electron chi connectivity index (χ0n) is 12.5. The molecule has 2 aromatic rings. The highest BCUT2D eigenvalue weighted by atomic mass is 35.5. The van der Waals surface area contributed by atoms with Crippen LogP contribution in [0.4, 0.5) is 0 Å². The van der Waals surface area contributed by atoms with Crippen molar-refractivity contribution in [3.8, 4) is 0 Å². The SMILES string of the molecule is CCc1ccsc1C(=O)N1CCNCC1c1cccnc1.Cl. The molecule has 1 unspecified atom stereocenters. The van der Waals surface area contributed by atoms with E-state index in [9.17, 15) is 4.79 Å². The Hall–Kier alpha value is -1.43. The first-order valence-electron chi connectivity index (χ1n) is 7.29. The van der Waals surface area contributed by atoms with Gasteiger partial charge >= 0.3 is 0 Å². The minimum Gasteiger partial charge on any atom is -0.328 e. The fraction of sp³-hybridized carbons (Fsp3) is 0.375. The van der Waals surface area contributed by atoms with Crippen molar-refractivity contribution < 1.29 is 4.79 Å². The summed E-state index contributed by atoms with van der Waals surface area (Å²) in [6.07, 6.45) is 4.52. The van der Waals surface area contributed by atoms with Crippen LogP contribution in [0.3, 0.4) is 0 Å². The number of amides is 1. The Bertz CT molecular complexity index is 617. The van der Waals surface area contributed by atoms with E-state index in [1.165, 1.54) is 0 Å². The number of nitrogens with one attached hydrogen (secondary N) is 1. The Kier molecular flexibility index (Phi) is 5.94. The lowest BCUT2D eigenvalue weighted by Crippen LogP contribution is -2.48. The molecular weight excluding hydrogens is 318 g/mol. The van der Waals surface area contributed by atoms with Gasteiger partial charge in [0.15, 0.2) is 0 Å². The summed E-state index contributed by atoms with van der Waals surface area (Å²) < 4.78 is 0. The van der Waals surface area contributed by atoms with Gasteiger partial charge in [0.2, 0.25) is 0 Å². The number of rotatable bonds is 3. The summed E-state index contributed by atoms with van der Waals surface area (Å²) in [5.74, 6) is 0.150. The lowest BCUT2D eigenvalue weighted by Gasteiger charge is -2.36. The highest BCUT2D eigenvalue weighted by molar-refractivity contribution is 7.12. The van der Waals surface area contributed by atoms with Crippen LogP contribution < -0.4 is 5.32 Å². The van der Waals surface area contributed by atoms with Gasteiger partial charge in [0.25, 0.3) is 5.91 Å². The molecule has 0 radical (unpaired) electrons. The summed E-state index contributed by atoms with van der Waals surface area (Å²) in [5.41, 5.74) is 2.24. The number of carbonyl (C=O) groups excluding carboxylic acids is 1. The molecule has 2 aromatic heterocycles. The average Bonchev–Trinajstić information content (AvgIpc) is 3.03. The number of piperazine rings is 1. The van der Waals surface area contributed by atoms with E-state index in [-0.39, 0.29) is 24.4 Å². The molecule has 0 saturated carbocycles. The molecule has 1 aliphatic rings. The van der Waals surface area contributed by atoms with Crippen LogP contribution in [0.15, 0.2) is 36.0 Å². The molecule has 1 atom stereocenters. The summed E-state index contributed by atoms with van der Waals surface area (Å²) >= 11 is 1.55. The summed E-state index contributed by atoms with van der Waals surface area (Å²) in [6, 6.07) is 6.08.